The summed E-state index contributed by atoms with van der Waals surface area (Å²) in [6.07, 6.45) is 4.14. The van der Waals surface area contributed by atoms with Gasteiger partial charge in [-0.05, 0) is 33.6 Å². The molecule has 3 atom stereocenters. The lowest BCUT2D eigenvalue weighted by atomic mass is 10.0. The molecule has 8 heteroatoms. The first-order valence-corrected chi connectivity index (χ1v) is 7.43. The van der Waals surface area contributed by atoms with Crippen molar-refractivity contribution in [2.24, 2.45) is 5.92 Å². The Labute approximate surface area is 128 Å². The van der Waals surface area contributed by atoms with Gasteiger partial charge in [0.1, 0.15) is 18.0 Å². The van der Waals surface area contributed by atoms with E-state index in [0.717, 1.165) is 12.8 Å². The third-order valence-electron chi connectivity index (χ3n) is 4.27. The molecule has 120 valence electrons. The van der Waals surface area contributed by atoms with Gasteiger partial charge < -0.3 is 9.64 Å². The Balaban J connectivity index is 1.66. The number of nitrogens with zero attached hydrogens (tertiary/aromatic N) is 4. The minimum Gasteiger partial charge on any atom is -0.444 e. The van der Waals surface area contributed by atoms with Crippen LogP contribution in [-0.4, -0.2) is 43.9 Å². The van der Waals surface area contributed by atoms with Gasteiger partial charge >= 0.3 is 11.8 Å². The summed E-state index contributed by atoms with van der Waals surface area (Å²) < 4.78 is 7.10. The molecule has 0 radical (unpaired) electrons. The van der Waals surface area contributed by atoms with E-state index < -0.39 is 10.5 Å². The van der Waals surface area contributed by atoms with Crippen LogP contribution < -0.4 is 0 Å². The molecule has 1 aromatic heterocycles. The summed E-state index contributed by atoms with van der Waals surface area (Å²) in [6, 6.07) is 0.255. The van der Waals surface area contributed by atoms with Crippen molar-refractivity contribution < 1.29 is 14.5 Å². The predicted octanol–water partition coefficient (Wildman–Crippen LogP) is 2.36. The SMILES string of the molecule is CC(C)(C)OC(=O)N1CC2CC1CC2n1cc([N+](=O)[O-])cn1. The molecule has 22 heavy (non-hydrogen) atoms. The Hall–Kier alpha value is -2.12. The highest BCUT2D eigenvalue weighted by atomic mass is 16.6. The number of carbonyl (C=O) groups excluding carboxylic acids is 1. The number of likely N-dealkylation sites (tertiary alicyclic amines) is 1. The Morgan fingerprint density at radius 3 is 2.68 bits per heavy atom. The molecular weight excluding hydrogens is 288 g/mol. The zero-order valence-electron chi connectivity index (χ0n) is 12.9. The van der Waals surface area contributed by atoms with Gasteiger partial charge in [-0.3, -0.25) is 14.8 Å². The van der Waals surface area contributed by atoms with E-state index in [4.69, 9.17) is 4.74 Å². The molecule has 3 rings (SSSR count). The third-order valence-corrected chi connectivity index (χ3v) is 4.27. The van der Waals surface area contributed by atoms with E-state index in [1.807, 2.05) is 20.8 Å². The van der Waals surface area contributed by atoms with Crippen molar-refractivity contribution >= 4 is 11.8 Å². The van der Waals surface area contributed by atoms with Crippen LogP contribution in [0.1, 0.15) is 39.7 Å². The lowest BCUT2D eigenvalue weighted by Crippen LogP contribution is -2.43. The Morgan fingerprint density at radius 1 is 1.45 bits per heavy atom. The zero-order valence-corrected chi connectivity index (χ0v) is 12.9. The van der Waals surface area contributed by atoms with Gasteiger partial charge in [0.2, 0.25) is 0 Å². The van der Waals surface area contributed by atoms with Crippen molar-refractivity contribution in [2.75, 3.05) is 6.54 Å². The first kappa shape index (κ1) is 14.8. The van der Waals surface area contributed by atoms with E-state index in [9.17, 15) is 14.9 Å². The van der Waals surface area contributed by atoms with Crippen LogP contribution in [0.2, 0.25) is 0 Å². The fraction of sp³-hybridized carbons (Fsp3) is 0.714. The van der Waals surface area contributed by atoms with Gasteiger partial charge in [-0.1, -0.05) is 0 Å². The number of amides is 1. The van der Waals surface area contributed by atoms with Crippen LogP contribution in [-0.2, 0) is 4.74 Å². The minimum atomic E-state index is -0.499. The molecule has 1 saturated carbocycles. The maximum Gasteiger partial charge on any atom is 0.410 e. The molecule has 2 heterocycles. The summed E-state index contributed by atoms with van der Waals surface area (Å²) in [5.41, 5.74) is -0.493. The van der Waals surface area contributed by atoms with Crippen molar-refractivity contribution in [3.63, 3.8) is 0 Å². The molecule has 8 nitrogen and oxygen atoms in total. The Morgan fingerprint density at radius 2 is 2.18 bits per heavy atom. The van der Waals surface area contributed by atoms with Gasteiger partial charge in [-0.15, -0.1) is 0 Å². The van der Waals surface area contributed by atoms with Crippen LogP contribution in [0.3, 0.4) is 0 Å². The van der Waals surface area contributed by atoms with Gasteiger partial charge in [-0.2, -0.15) is 5.10 Å². The summed E-state index contributed by atoms with van der Waals surface area (Å²) in [5.74, 6) is 0.275. The van der Waals surface area contributed by atoms with Crippen molar-refractivity contribution in [2.45, 2.75) is 51.3 Å². The zero-order chi connectivity index (χ0) is 16.1. The first-order chi connectivity index (χ1) is 10.2. The van der Waals surface area contributed by atoms with Gasteiger partial charge in [0.25, 0.3) is 0 Å². The molecular formula is C14H20N4O4. The topological polar surface area (TPSA) is 90.5 Å². The maximum atomic E-state index is 12.2. The fourth-order valence-electron chi connectivity index (χ4n) is 3.40. The molecule has 1 aromatic rings. The van der Waals surface area contributed by atoms with Crippen LogP contribution in [0.4, 0.5) is 10.5 Å². The molecule has 1 aliphatic heterocycles. The number of nitro groups is 1. The van der Waals surface area contributed by atoms with Crippen LogP contribution >= 0.6 is 0 Å². The predicted molar refractivity (Wildman–Crippen MR) is 77.4 cm³/mol. The maximum absolute atomic E-state index is 12.2. The highest BCUT2D eigenvalue weighted by Gasteiger charge is 2.48. The van der Waals surface area contributed by atoms with E-state index in [1.54, 1.807) is 9.58 Å². The lowest BCUT2D eigenvalue weighted by molar-refractivity contribution is -0.385. The number of rotatable bonds is 2. The highest BCUT2D eigenvalue weighted by Crippen LogP contribution is 2.45. The van der Waals surface area contributed by atoms with E-state index in [1.165, 1.54) is 12.4 Å². The average Bonchev–Trinajstić information content (AvgIpc) is 3.10. The number of hydrogen-bond donors (Lipinski definition) is 0. The molecule has 2 aliphatic rings. The van der Waals surface area contributed by atoms with Crippen molar-refractivity contribution in [1.82, 2.24) is 14.7 Å². The van der Waals surface area contributed by atoms with Gasteiger partial charge in [-0.25, -0.2) is 4.79 Å². The molecule has 1 saturated heterocycles. The van der Waals surface area contributed by atoms with Crippen molar-refractivity contribution in [3.8, 4) is 0 Å². The second-order valence-electron chi connectivity index (χ2n) is 7.02. The van der Waals surface area contributed by atoms with Gasteiger partial charge in [0.05, 0.1) is 11.0 Å². The summed E-state index contributed by atoms with van der Waals surface area (Å²) in [7, 11) is 0. The molecule has 1 aliphatic carbocycles. The average molecular weight is 308 g/mol. The first-order valence-electron chi connectivity index (χ1n) is 7.43. The minimum absolute atomic E-state index is 0.00627. The molecule has 3 unspecified atom stereocenters. The van der Waals surface area contributed by atoms with E-state index in [2.05, 4.69) is 5.10 Å². The van der Waals surface area contributed by atoms with Crippen molar-refractivity contribution in [1.29, 1.82) is 0 Å². The quantitative estimate of drug-likeness (QED) is 0.618. The molecule has 0 spiro atoms. The number of piperidine rings is 1. The second-order valence-corrected chi connectivity index (χ2v) is 7.02. The summed E-state index contributed by atoms with van der Waals surface area (Å²) >= 11 is 0. The van der Waals surface area contributed by atoms with Crippen LogP contribution in [0.25, 0.3) is 0 Å². The van der Waals surface area contributed by atoms with E-state index >= 15 is 0 Å². The summed E-state index contributed by atoms with van der Waals surface area (Å²) in [4.78, 5) is 24.3. The molecule has 0 N–H and O–H groups in total. The Bertz CT molecular complexity index is 606. The van der Waals surface area contributed by atoms with Crippen molar-refractivity contribution in [3.05, 3.63) is 22.5 Å². The number of fused-ring (bicyclic) bond motifs is 2. The van der Waals surface area contributed by atoms with Crippen LogP contribution in [0.5, 0.6) is 0 Å². The van der Waals surface area contributed by atoms with E-state index in [-0.39, 0.29) is 29.8 Å². The van der Waals surface area contributed by atoms with Crippen LogP contribution in [0, 0.1) is 16.0 Å². The lowest BCUT2D eigenvalue weighted by Gasteiger charge is -2.33. The Kier molecular flexibility index (Phi) is 3.34. The normalized spacial score (nSPS) is 27.2. The summed E-state index contributed by atoms with van der Waals surface area (Å²) in [6.45, 7) is 6.18. The fourth-order valence-corrected chi connectivity index (χ4v) is 3.40. The number of hydrogen-bond acceptors (Lipinski definition) is 5. The summed E-state index contributed by atoms with van der Waals surface area (Å²) in [5, 5.41) is 14.9. The molecule has 1 amide bonds. The number of aromatic nitrogens is 2. The highest BCUT2D eigenvalue weighted by molar-refractivity contribution is 5.69. The number of ether oxygens (including phenoxy) is 1. The van der Waals surface area contributed by atoms with Gasteiger partial charge in [0.15, 0.2) is 0 Å². The number of carbonyl (C=O) groups is 1. The van der Waals surface area contributed by atoms with Crippen LogP contribution in [0.15, 0.2) is 12.4 Å². The second kappa shape index (κ2) is 4.96. The third kappa shape index (κ3) is 2.65. The smallest absolute Gasteiger partial charge is 0.410 e. The van der Waals surface area contributed by atoms with E-state index in [0.29, 0.717) is 6.54 Å². The molecule has 2 bridgehead atoms. The standard InChI is InChI=1S/C14H20N4O4/c1-14(2,3)22-13(19)16-7-9-4-10(16)5-12(9)17-8-11(6-15-17)18(20)21/h6,8-10,12H,4-5,7H2,1-3H3. The van der Waals surface area contributed by atoms with Gasteiger partial charge in [0, 0.05) is 18.5 Å². The monoisotopic (exact) mass is 308 g/mol. The molecule has 2 fully saturated rings. The largest absolute Gasteiger partial charge is 0.444 e. The molecule has 0 aromatic carbocycles.